The number of hydrogen-bond acceptors (Lipinski definition) is 4. The summed E-state index contributed by atoms with van der Waals surface area (Å²) in [6, 6.07) is 8.46. The van der Waals surface area contributed by atoms with Crippen molar-refractivity contribution in [2.75, 3.05) is 7.11 Å². The fourth-order valence-electron chi connectivity index (χ4n) is 1.73. The Morgan fingerprint density at radius 1 is 1.24 bits per heavy atom. The summed E-state index contributed by atoms with van der Waals surface area (Å²) in [7, 11) is 1.45. The number of benzene rings is 2. The van der Waals surface area contributed by atoms with Crippen molar-refractivity contribution < 1.29 is 18.8 Å². The van der Waals surface area contributed by atoms with Crippen LogP contribution in [0.1, 0.15) is 5.56 Å². The fraction of sp³-hybridized carbons (Fsp3) is 0.143. The zero-order valence-corrected chi connectivity index (χ0v) is 12.6. The van der Waals surface area contributed by atoms with Crippen LogP contribution in [0.15, 0.2) is 40.9 Å². The molecule has 110 valence electrons. The highest BCUT2D eigenvalue weighted by molar-refractivity contribution is 9.10. The number of nitro groups is 1. The molecule has 21 heavy (non-hydrogen) atoms. The number of nitrogens with zero attached hydrogens (tertiary/aromatic N) is 1. The van der Waals surface area contributed by atoms with Crippen molar-refractivity contribution >= 4 is 21.6 Å². The van der Waals surface area contributed by atoms with E-state index < -0.39 is 10.7 Å². The van der Waals surface area contributed by atoms with Gasteiger partial charge in [0.05, 0.1) is 12.0 Å². The van der Waals surface area contributed by atoms with Crippen LogP contribution in [0.2, 0.25) is 0 Å². The largest absolute Gasteiger partial charge is 0.496 e. The molecular formula is C14H11BrFNO4. The number of hydrogen-bond donors (Lipinski definition) is 0. The second-order valence-corrected chi connectivity index (χ2v) is 5.03. The van der Waals surface area contributed by atoms with Crippen LogP contribution in [0.5, 0.6) is 11.5 Å². The van der Waals surface area contributed by atoms with Gasteiger partial charge in [0.2, 0.25) is 0 Å². The number of methoxy groups -OCH3 is 1. The summed E-state index contributed by atoms with van der Waals surface area (Å²) in [4.78, 5) is 10.3. The van der Waals surface area contributed by atoms with E-state index in [-0.39, 0.29) is 18.0 Å². The second-order valence-electron chi connectivity index (χ2n) is 4.12. The van der Waals surface area contributed by atoms with Crippen LogP contribution < -0.4 is 9.47 Å². The molecule has 2 rings (SSSR count). The molecule has 2 aromatic carbocycles. The standard InChI is InChI=1S/C14H11BrFNO4/c1-20-13-5-3-11(17(18)19)6-9(13)8-21-14-7-10(15)2-4-12(14)16/h2-7H,8H2,1H3. The molecule has 0 saturated heterocycles. The molecule has 0 aromatic heterocycles. The van der Waals surface area contributed by atoms with Gasteiger partial charge in [-0.2, -0.15) is 0 Å². The summed E-state index contributed by atoms with van der Waals surface area (Å²) in [5.41, 5.74) is 0.384. The van der Waals surface area contributed by atoms with Crippen molar-refractivity contribution in [1.82, 2.24) is 0 Å². The normalized spacial score (nSPS) is 10.2. The third kappa shape index (κ3) is 3.69. The van der Waals surface area contributed by atoms with Gasteiger partial charge in [0.25, 0.3) is 5.69 Å². The Kier molecular flexibility index (Phi) is 4.74. The van der Waals surface area contributed by atoms with Gasteiger partial charge >= 0.3 is 0 Å². The molecule has 0 heterocycles. The summed E-state index contributed by atoms with van der Waals surface area (Å²) < 4.78 is 24.7. The molecule has 0 N–H and O–H groups in total. The molecule has 0 bridgehead atoms. The van der Waals surface area contributed by atoms with Crippen molar-refractivity contribution in [2.24, 2.45) is 0 Å². The predicted molar refractivity (Wildman–Crippen MR) is 78.1 cm³/mol. The minimum atomic E-state index is -0.511. The van der Waals surface area contributed by atoms with E-state index in [0.717, 1.165) is 0 Å². The summed E-state index contributed by atoms with van der Waals surface area (Å²) in [5.74, 6) is -0.0171. The SMILES string of the molecule is COc1ccc([N+](=O)[O-])cc1COc1cc(Br)ccc1F. The van der Waals surface area contributed by atoms with Crippen LogP contribution in [0.3, 0.4) is 0 Å². The van der Waals surface area contributed by atoms with E-state index in [4.69, 9.17) is 9.47 Å². The van der Waals surface area contributed by atoms with E-state index in [0.29, 0.717) is 15.8 Å². The second kappa shape index (κ2) is 6.53. The lowest BCUT2D eigenvalue weighted by Gasteiger charge is -2.11. The quantitative estimate of drug-likeness (QED) is 0.598. The molecule has 0 fully saturated rings. The van der Waals surface area contributed by atoms with E-state index in [1.807, 2.05) is 0 Å². The predicted octanol–water partition coefficient (Wildman–Crippen LogP) is 4.08. The number of ether oxygens (including phenoxy) is 2. The summed E-state index contributed by atoms with van der Waals surface area (Å²) >= 11 is 3.22. The van der Waals surface area contributed by atoms with Gasteiger partial charge in [-0.1, -0.05) is 15.9 Å². The maximum absolute atomic E-state index is 13.6. The van der Waals surface area contributed by atoms with Crippen molar-refractivity contribution in [1.29, 1.82) is 0 Å². The maximum atomic E-state index is 13.6. The smallest absolute Gasteiger partial charge is 0.270 e. The molecule has 2 aromatic rings. The van der Waals surface area contributed by atoms with Crippen molar-refractivity contribution in [3.63, 3.8) is 0 Å². The Morgan fingerprint density at radius 3 is 2.67 bits per heavy atom. The Balaban J connectivity index is 2.24. The Bertz CT molecular complexity index is 678. The molecule has 0 aliphatic carbocycles. The third-order valence-electron chi connectivity index (χ3n) is 2.75. The molecule has 0 aliphatic rings. The molecule has 0 aliphatic heterocycles. The topological polar surface area (TPSA) is 61.6 Å². The highest BCUT2D eigenvalue weighted by atomic mass is 79.9. The summed E-state index contributed by atoms with van der Waals surface area (Å²) in [5, 5.41) is 10.8. The van der Waals surface area contributed by atoms with E-state index >= 15 is 0 Å². The molecule has 5 nitrogen and oxygen atoms in total. The van der Waals surface area contributed by atoms with Crippen LogP contribution >= 0.6 is 15.9 Å². The van der Waals surface area contributed by atoms with Crippen molar-refractivity contribution in [2.45, 2.75) is 6.61 Å². The van der Waals surface area contributed by atoms with Gasteiger partial charge in [0.15, 0.2) is 11.6 Å². The van der Waals surface area contributed by atoms with Crippen LogP contribution in [0.25, 0.3) is 0 Å². The molecule has 0 spiro atoms. The van der Waals surface area contributed by atoms with Crippen LogP contribution in [0, 0.1) is 15.9 Å². The lowest BCUT2D eigenvalue weighted by Crippen LogP contribution is -2.01. The first kappa shape index (κ1) is 15.2. The Hall–Kier alpha value is -2.15. The molecule has 0 amide bonds. The van der Waals surface area contributed by atoms with Gasteiger partial charge in [-0.15, -0.1) is 0 Å². The first-order chi connectivity index (χ1) is 10.0. The minimum Gasteiger partial charge on any atom is -0.496 e. The molecular weight excluding hydrogens is 345 g/mol. The third-order valence-corrected chi connectivity index (χ3v) is 3.24. The molecule has 0 unspecified atom stereocenters. The van der Waals surface area contributed by atoms with Gasteiger partial charge in [-0.05, 0) is 24.3 Å². The van der Waals surface area contributed by atoms with E-state index in [1.165, 1.54) is 37.4 Å². The lowest BCUT2D eigenvalue weighted by atomic mass is 10.2. The highest BCUT2D eigenvalue weighted by Gasteiger charge is 2.13. The average Bonchev–Trinajstić information content (AvgIpc) is 2.47. The van der Waals surface area contributed by atoms with Gasteiger partial charge in [-0.25, -0.2) is 4.39 Å². The summed E-state index contributed by atoms with van der Waals surface area (Å²) in [6.07, 6.45) is 0. The molecule has 0 saturated carbocycles. The Labute approximate surface area is 128 Å². The summed E-state index contributed by atoms with van der Waals surface area (Å²) in [6.45, 7) is -0.0434. The number of non-ortho nitro benzene ring substituents is 1. The van der Waals surface area contributed by atoms with Crippen LogP contribution in [-0.4, -0.2) is 12.0 Å². The lowest BCUT2D eigenvalue weighted by molar-refractivity contribution is -0.385. The number of halogens is 2. The van der Waals surface area contributed by atoms with Gasteiger partial charge in [-0.3, -0.25) is 10.1 Å². The van der Waals surface area contributed by atoms with Gasteiger partial charge < -0.3 is 9.47 Å². The van der Waals surface area contributed by atoms with E-state index in [1.54, 1.807) is 6.07 Å². The van der Waals surface area contributed by atoms with Crippen molar-refractivity contribution in [3.8, 4) is 11.5 Å². The zero-order valence-electron chi connectivity index (χ0n) is 11.0. The van der Waals surface area contributed by atoms with E-state index in [9.17, 15) is 14.5 Å². The first-order valence-electron chi connectivity index (χ1n) is 5.90. The number of rotatable bonds is 5. The molecule has 0 atom stereocenters. The molecule has 7 heteroatoms. The van der Waals surface area contributed by atoms with Crippen molar-refractivity contribution in [3.05, 3.63) is 62.4 Å². The monoisotopic (exact) mass is 355 g/mol. The van der Waals surface area contributed by atoms with E-state index in [2.05, 4.69) is 15.9 Å². The minimum absolute atomic E-state index is 0.0434. The zero-order chi connectivity index (χ0) is 15.4. The average molecular weight is 356 g/mol. The van der Waals surface area contributed by atoms with Crippen LogP contribution in [0.4, 0.5) is 10.1 Å². The first-order valence-corrected chi connectivity index (χ1v) is 6.69. The number of nitro benzene ring substituents is 1. The fourth-order valence-corrected chi connectivity index (χ4v) is 2.07. The van der Waals surface area contributed by atoms with Crippen LogP contribution in [-0.2, 0) is 6.61 Å². The van der Waals surface area contributed by atoms with Gasteiger partial charge in [0.1, 0.15) is 12.4 Å². The Morgan fingerprint density at radius 2 is 2.00 bits per heavy atom. The van der Waals surface area contributed by atoms with Gasteiger partial charge in [0, 0.05) is 22.2 Å². The maximum Gasteiger partial charge on any atom is 0.270 e. The molecule has 0 radical (unpaired) electrons. The highest BCUT2D eigenvalue weighted by Crippen LogP contribution is 2.27.